The maximum Gasteiger partial charge on any atom is 0.274 e. The minimum Gasteiger partial charge on any atom is -0.324 e. The maximum atomic E-state index is 12.4. The average Bonchev–Trinajstić information content (AvgIpc) is 2.87. The molecule has 142 valence electrons. The Labute approximate surface area is 156 Å². The summed E-state index contributed by atoms with van der Waals surface area (Å²) in [6.07, 6.45) is 0. The number of nitro groups is 2. The highest BCUT2D eigenvalue weighted by atomic mass is 16.6. The molecule has 0 aromatic heterocycles. The highest BCUT2D eigenvalue weighted by Gasteiger charge is 2.37. The van der Waals surface area contributed by atoms with Crippen molar-refractivity contribution >= 4 is 34.8 Å². The molecule has 2 aromatic carbocycles. The number of benzene rings is 2. The van der Waals surface area contributed by atoms with E-state index in [0.717, 1.165) is 18.2 Å². The quantitative estimate of drug-likeness (QED) is 0.470. The van der Waals surface area contributed by atoms with Gasteiger partial charge in [-0.1, -0.05) is 6.07 Å². The Morgan fingerprint density at radius 2 is 1.71 bits per heavy atom. The number of carbonyl (C=O) groups is 3. The molecule has 0 saturated carbocycles. The summed E-state index contributed by atoms with van der Waals surface area (Å²) in [7, 11) is 0. The Morgan fingerprint density at radius 1 is 1.04 bits per heavy atom. The Bertz CT molecular complexity index is 1060. The number of nitrogens with zero attached hydrogens (tertiary/aromatic N) is 3. The molecule has 0 atom stereocenters. The molecule has 1 heterocycles. The molecule has 0 fully saturated rings. The van der Waals surface area contributed by atoms with Crippen molar-refractivity contribution in [2.45, 2.75) is 6.92 Å². The third-order valence-electron chi connectivity index (χ3n) is 4.24. The van der Waals surface area contributed by atoms with E-state index in [0.29, 0.717) is 4.90 Å². The predicted molar refractivity (Wildman–Crippen MR) is 94.9 cm³/mol. The van der Waals surface area contributed by atoms with E-state index in [-0.39, 0.29) is 33.8 Å². The number of carbonyl (C=O) groups excluding carboxylic acids is 3. The Hall–Kier alpha value is -4.15. The van der Waals surface area contributed by atoms with E-state index in [1.807, 2.05) is 0 Å². The van der Waals surface area contributed by atoms with Crippen molar-refractivity contribution in [1.29, 1.82) is 0 Å². The second kappa shape index (κ2) is 6.87. The van der Waals surface area contributed by atoms with E-state index in [2.05, 4.69) is 5.32 Å². The minimum atomic E-state index is -0.824. The van der Waals surface area contributed by atoms with E-state index in [1.165, 1.54) is 25.1 Å². The first-order valence-corrected chi connectivity index (χ1v) is 7.89. The number of anilines is 1. The number of imide groups is 1. The van der Waals surface area contributed by atoms with E-state index in [9.17, 15) is 34.6 Å². The Balaban J connectivity index is 1.79. The van der Waals surface area contributed by atoms with Gasteiger partial charge in [0, 0.05) is 18.2 Å². The fourth-order valence-corrected chi connectivity index (χ4v) is 2.83. The zero-order valence-electron chi connectivity index (χ0n) is 14.4. The lowest BCUT2D eigenvalue weighted by molar-refractivity contribution is -0.385. The van der Waals surface area contributed by atoms with Crippen LogP contribution in [0.1, 0.15) is 26.3 Å². The van der Waals surface area contributed by atoms with E-state index in [4.69, 9.17) is 0 Å². The highest BCUT2D eigenvalue weighted by Crippen LogP contribution is 2.28. The van der Waals surface area contributed by atoms with Crippen molar-refractivity contribution in [3.63, 3.8) is 0 Å². The van der Waals surface area contributed by atoms with Crippen LogP contribution in [0.5, 0.6) is 0 Å². The third-order valence-corrected chi connectivity index (χ3v) is 4.24. The van der Waals surface area contributed by atoms with Gasteiger partial charge in [-0.3, -0.25) is 39.5 Å². The van der Waals surface area contributed by atoms with Crippen LogP contribution in [-0.2, 0) is 4.79 Å². The zero-order chi connectivity index (χ0) is 20.6. The summed E-state index contributed by atoms with van der Waals surface area (Å²) in [4.78, 5) is 58.2. The molecule has 1 aliphatic heterocycles. The molecule has 0 unspecified atom stereocenters. The third kappa shape index (κ3) is 3.16. The number of hydrogen-bond acceptors (Lipinski definition) is 7. The first-order chi connectivity index (χ1) is 13.2. The smallest absolute Gasteiger partial charge is 0.274 e. The lowest BCUT2D eigenvalue weighted by Crippen LogP contribution is -2.37. The van der Waals surface area contributed by atoms with Crippen LogP contribution in [0.15, 0.2) is 36.4 Å². The van der Waals surface area contributed by atoms with Crippen LogP contribution < -0.4 is 5.32 Å². The van der Waals surface area contributed by atoms with Crippen molar-refractivity contribution in [2.24, 2.45) is 0 Å². The van der Waals surface area contributed by atoms with Gasteiger partial charge >= 0.3 is 0 Å². The lowest BCUT2D eigenvalue weighted by Gasteiger charge is -2.14. The van der Waals surface area contributed by atoms with Crippen molar-refractivity contribution in [3.8, 4) is 0 Å². The molecule has 28 heavy (non-hydrogen) atoms. The number of amides is 3. The molecule has 1 aliphatic rings. The summed E-state index contributed by atoms with van der Waals surface area (Å²) in [6, 6.07) is 7.37. The Kier molecular flexibility index (Phi) is 4.57. The zero-order valence-corrected chi connectivity index (χ0v) is 14.4. The summed E-state index contributed by atoms with van der Waals surface area (Å²) in [5, 5.41) is 24.2. The summed E-state index contributed by atoms with van der Waals surface area (Å²) < 4.78 is 0. The van der Waals surface area contributed by atoms with Crippen molar-refractivity contribution in [1.82, 2.24) is 4.90 Å². The molecule has 3 rings (SSSR count). The first-order valence-electron chi connectivity index (χ1n) is 7.89. The lowest BCUT2D eigenvalue weighted by atomic mass is 10.1. The Morgan fingerprint density at radius 3 is 2.36 bits per heavy atom. The van der Waals surface area contributed by atoms with Gasteiger partial charge in [0.15, 0.2) is 0 Å². The maximum absolute atomic E-state index is 12.4. The molecule has 0 radical (unpaired) electrons. The predicted octanol–water partition coefficient (Wildman–Crippen LogP) is 2.05. The van der Waals surface area contributed by atoms with Gasteiger partial charge in [-0.25, -0.2) is 0 Å². The number of nitrogens with one attached hydrogen (secondary N) is 1. The molecule has 11 heteroatoms. The molecule has 3 amide bonds. The molecule has 0 aliphatic carbocycles. The number of hydrogen-bond donors (Lipinski definition) is 1. The second-order valence-corrected chi connectivity index (χ2v) is 5.94. The minimum absolute atomic E-state index is 0.0325. The number of rotatable bonds is 5. The van der Waals surface area contributed by atoms with Crippen LogP contribution in [0.25, 0.3) is 0 Å². The van der Waals surface area contributed by atoms with Gasteiger partial charge in [0.05, 0.1) is 32.2 Å². The van der Waals surface area contributed by atoms with Crippen LogP contribution in [0, 0.1) is 27.2 Å². The fraction of sp³-hybridized carbons (Fsp3) is 0.118. The SMILES string of the molecule is Cc1c(NC(=O)CN2C(=O)c3ccc([N+](=O)[O-])cc3C2=O)cccc1[N+](=O)[O-]. The van der Waals surface area contributed by atoms with Crippen LogP contribution in [0.2, 0.25) is 0 Å². The number of nitro benzene ring substituents is 2. The number of fused-ring (bicyclic) bond motifs is 1. The molecule has 0 bridgehead atoms. The van der Waals surface area contributed by atoms with Gasteiger partial charge in [0.1, 0.15) is 6.54 Å². The van der Waals surface area contributed by atoms with Gasteiger partial charge in [-0.05, 0) is 19.1 Å². The molecule has 0 spiro atoms. The highest BCUT2D eigenvalue weighted by molar-refractivity contribution is 6.23. The summed E-state index contributed by atoms with van der Waals surface area (Å²) in [5.41, 5.74) is -0.331. The molecule has 1 N–H and O–H groups in total. The van der Waals surface area contributed by atoms with Crippen LogP contribution in [0.3, 0.4) is 0 Å². The summed E-state index contributed by atoms with van der Waals surface area (Å²) in [6.45, 7) is 0.817. The van der Waals surface area contributed by atoms with Crippen LogP contribution in [-0.4, -0.2) is 39.0 Å². The number of non-ortho nitro benzene ring substituents is 1. The van der Waals surface area contributed by atoms with Crippen molar-refractivity contribution in [2.75, 3.05) is 11.9 Å². The molecule has 0 saturated heterocycles. The largest absolute Gasteiger partial charge is 0.324 e. The van der Waals surface area contributed by atoms with Gasteiger partial charge in [0.25, 0.3) is 23.2 Å². The fourth-order valence-electron chi connectivity index (χ4n) is 2.83. The van der Waals surface area contributed by atoms with Gasteiger partial charge in [0.2, 0.25) is 5.91 Å². The van der Waals surface area contributed by atoms with Crippen molar-refractivity contribution in [3.05, 3.63) is 73.3 Å². The van der Waals surface area contributed by atoms with Gasteiger partial charge < -0.3 is 5.32 Å². The second-order valence-electron chi connectivity index (χ2n) is 5.94. The standard InChI is InChI=1S/C17H12N4O7/c1-9-13(3-2-4-14(9)21(27)28)18-15(22)8-19-16(23)11-6-5-10(20(25)26)7-12(11)17(19)24/h2-7H,8H2,1H3,(H,18,22). The molecule has 2 aromatic rings. The topological polar surface area (TPSA) is 153 Å². The van der Waals surface area contributed by atoms with E-state index in [1.54, 1.807) is 0 Å². The molecule has 11 nitrogen and oxygen atoms in total. The van der Waals surface area contributed by atoms with Gasteiger partial charge in [-0.15, -0.1) is 0 Å². The van der Waals surface area contributed by atoms with Gasteiger partial charge in [-0.2, -0.15) is 0 Å². The molecular formula is C17H12N4O7. The van der Waals surface area contributed by atoms with Crippen molar-refractivity contribution < 1.29 is 24.2 Å². The normalized spacial score (nSPS) is 12.7. The first kappa shape index (κ1) is 18.6. The van der Waals surface area contributed by atoms with Crippen LogP contribution in [0.4, 0.5) is 17.1 Å². The monoisotopic (exact) mass is 384 g/mol. The average molecular weight is 384 g/mol. The summed E-state index contributed by atoms with van der Waals surface area (Å²) in [5.74, 6) is -2.32. The van der Waals surface area contributed by atoms with Crippen LogP contribution >= 0.6 is 0 Å². The van der Waals surface area contributed by atoms with E-state index >= 15 is 0 Å². The molecular weight excluding hydrogens is 372 g/mol. The summed E-state index contributed by atoms with van der Waals surface area (Å²) >= 11 is 0. The van der Waals surface area contributed by atoms with E-state index < -0.39 is 34.1 Å².